The molecule has 0 unspecified atom stereocenters. The molecular weight excluding hydrogens is 395 g/mol. The number of amides is 2. The van der Waals surface area contributed by atoms with E-state index in [2.05, 4.69) is 0 Å². The number of hydrogen-bond donors (Lipinski definition) is 0. The predicted molar refractivity (Wildman–Crippen MR) is 115 cm³/mol. The largest absolute Gasteiger partial charge is 0.489 e. The molecule has 2 amide bonds. The van der Waals surface area contributed by atoms with Crippen molar-refractivity contribution in [3.8, 4) is 11.8 Å². The highest BCUT2D eigenvalue weighted by atomic mass is 19.1. The average molecular weight is 418 g/mol. The highest BCUT2D eigenvalue weighted by Crippen LogP contribution is 2.28. The molecule has 31 heavy (non-hydrogen) atoms. The number of ether oxygens (including phenoxy) is 1. The van der Waals surface area contributed by atoms with Gasteiger partial charge in [0.15, 0.2) is 0 Å². The van der Waals surface area contributed by atoms with E-state index in [9.17, 15) is 19.2 Å². The first kappa shape index (κ1) is 22.0. The molecule has 0 bridgehead atoms. The zero-order valence-corrected chi connectivity index (χ0v) is 17.7. The molecule has 0 saturated carbocycles. The number of carbonyl (C=O) groups excluding carboxylic acids is 2. The van der Waals surface area contributed by atoms with E-state index < -0.39 is 11.8 Å². The van der Waals surface area contributed by atoms with E-state index in [0.29, 0.717) is 22.5 Å². The van der Waals surface area contributed by atoms with Crippen LogP contribution in [0.3, 0.4) is 0 Å². The maximum absolute atomic E-state index is 13.7. The summed E-state index contributed by atoms with van der Waals surface area (Å²) in [6.45, 7) is 5.77. The van der Waals surface area contributed by atoms with Crippen LogP contribution in [0.15, 0.2) is 65.3 Å². The Morgan fingerprint density at radius 3 is 2.39 bits per heavy atom. The Morgan fingerprint density at radius 1 is 1.10 bits per heavy atom. The van der Waals surface area contributed by atoms with Crippen LogP contribution in [0.5, 0.6) is 5.75 Å². The Kier molecular flexibility index (Phi) is 6.66. The standard InChI is InChI=1S/C25H23FN2O3/c1-16(2)14-28-24(29)21(17(3)22(13-27)25(28)30)12-18-8-10-20(11-9-18)31-15-19-6-4-5-7-23(19)26/h4-12,16H,14-15H2,1-3H3/b21-12+. The molecule has 0 atom stereocenters. The maximum Gasteiger partial charge on any atom is 0.271 e. The van der Waals surface area contributed by atoms with E-state index >= 15 is 0 Å². The van der Waals surface area contributed by atoms with Crippen LogP contribution in [0.4, 0.5) is 4.39 Å². The summed E-state index contributed by atoms with van der Waals surface area (Å²) in [6.07, 6.45) is 1.66. The van der Waals surface area contributed by atoms with Crippen LogP contribution in [0.1, 0.15) is 31.9 Å². The molecule has 2 aromatic carbocycles. The van der Waals surface area contributed by atoms with Gasteiger partial charge in [-0.15, -0.1) is 0 Å². The third kappa shape index (κ3) is 4.89. The highest BCUT2D eigenvalue weighted by molar-refractivity contribution is 6.19. The summed E-state index contributed by atoms with van der Waals surface area (Å²) in [5, 5.41) is 9.43. The highest BCUT2D eigenvalue weighted by Gasteiger charge is 2.35. The van der Waals surface area contributed by atoms with E-state index in [1.165, 1.54) is 6.07 Å². The number of hydrogen-bond acceptors (Lipinski definition) is 4. The first-order valence-electron chi connectivity index (χ1n) is 9.97. The second-order valence-electron chi connectivity index (χ2n) is 7.73. The van der Waals surface area contributed by atoms with Gasteiger partial charge in [-0.2, -0.15) is 5.26 Å². The molecule has 158 valence electrons. The minimum atomic E-state index is -0.548. The fourth-order valence-electron chi connectivity index (χ4n) is 3.26. The molecule has 1 aliphatic heterocycles. The summed E-state index contributed by atoms with van der Waals surface area (Å²) in [5.41, 5.74) is 1.85. The fraction of sp³-hybridized carbons (Fsp3) is 0.240. The van der Waals surface area contributed by atoms with E-state index in [1.807, 2.05) is 19.9 Å². The molecule has 0 N–H and O–H groups in total. The van der Waals surface area contributed by atoms with Crippen molar-refractivity contribution in [2.24, 2.45) is 5.92 Å². The Bertz CT molecular complexity index is 1110. The molecule has 0 saturated heterocycles. The van der Waals surface area contributed by atoms with Crippen LogP contribution >= 0.6 is 0 Å². The monoisotopic (exact) mass is 418 g/mol. The van der Waals surface area contributed by atoms with Gasteiger partial charge in [-0.25, -0.2) is 4.39 Å². The van der Waals surface area contributed by atoms with Crippen molar-refractivity contribution in [2.75, 3.05) is 6.54 Å². The minimum absolute atomic E-state index is 0.0173. The molecule has 0 aromatic heterocycles. The van der Waals surface area contributed by atoms with Crippen LogP contribution in [-0.4, -0.2) is 23.3 Å². The SMILES string of the molecule is CC1=C(C#N)C(=O)N(CC(C)C)C(=O)/C1=C/c1ccc(OCc2ccccc2F)cc1. The third-order valence-electron chi connectivity index (χ3n) is 4.92. The summed E-state index contributed by atoms with van der Waals surface area (Å²) in [7, 11) is 0. The first-order chi connectivity index (χ1) is 14.8. The number of imide groups is 1. The first-order valence-corrected chi connectivity index (χ1v) is 9.97. The number of nitriles is 1. The number of rotatable bonds is 6. The molecule has 0 fully saturated rings. The maximum atomic E-state index is 13.7. The lowest BCUT2D eigenvalue weighted by Crippen LogP contribution is -2.44. The number of nitrogens with zero attached hydrogens (tertiary/aromatic N) is 2. The van der Waals surface area contributed by atoms with Gasteiger partial charge in [0.05, 0.1) is 0 Å². The van der Waals surface area contributed by atoms with E-state index in [0.717, 1.165) is 10.5 Å². The molecule has 0 spiro atoms. The molecule has 2 aromatic rings. The Balaban J connectivity index is 1.83. The Labute approximate surface area is 181 Å². The molecule has 6 heteroatoms. The van der Waals surface area contributed by atoms with Gasteiger partial charge in [-0.1, -0.05) is 44.2 Å². The number of benzene rings is 2. The topological polar surface area (TPSA) is 70.4 Å². The van der Waals surface area contributed by atoms with Gasteiger partial charge >= 0.3 is 0 Å². The van der Waals surface area contributed by atoms with Crippen LogP contribution in [0.2, 0.25) is 0 Å². The minimum Gasteiger partial charge on any atom is -0.489 e. The smallest absolute Gasteiger partial charge is 0.271 e. The van der Waals surface area contributed by atoms with Crippen molar-refractivity contribution in [3.05, 3.63) is 82.2 Å². The van der Waals surface area contributed by atoms with Crippen molar-refractivity contribution in [3.63, 3.8) is 0 Å². The molecule has 3 rings (SSSR count). The van der Waals surface area contributed by atoms with Crippen molar-refractivity contribution in [1.82, 2.24) is 4.90 Å². The van der Waals surface area contributed by atoms with Crippen molar-refractivity contribution in [2.45, 2.75) is 27.4 Å². The van der Waals surface area contributed by atoms with Gasteiger partial charge in [0.25, 0.3) is 11.8 Å². The molecular formula is C25H23FN2O3. The van der Waals surface area contributed by atoms with Crippen molar-refractivity contribution >= 4 is 17.9 Å². The second kappa shape index (κ2) is 9.40. The van der Waals surface area contributed by atoms with Gasteiger partial charge in [-0.05, 0) is 48.3 Å². The van der Waals surface area contributed by atoms with E-state index in [4.69, 9.17) is 4.74 Å². The van der Waals surface area contributed by atoms with Crippen LogP contribution in [0, 0.1) is 23.1 Å². The summed E-state index contributed by atoms with van der Waals surface area (Å²) >= 11 is 0. The van der Waals surface area contributed by atoms with E-state index in [1.54, 1.807) is 55.5 Å². The van der Waals surface area contributed by atoms with Crippen molar-refractivity contribution < 1.29 is 18.7 Å². The molecule has 5 nitrogen and oxygen atoms in total. The van der Waals surface area contributed by atoms with Gasteiger partial charge in [-0.3, -0.25) is 14.5 Å². The van der Waals surface area contributed by atoms with Crippen LogP contribution in [-0.2, 0) is 16.2 Å². The lowest BCUT2D eigenvalue weighted by Gasteiger charge is -2.28. The number of carbonyl (C=O) groups is 2. The second-order valence-corrected chi connectivity index (χ2v) is 7.73. The van der Waals surface area contributed by atoms with Gasteiger partial charge in [0, 0.05) is 17.7 Å². The van der Waals surface area contributed by atoms with Crippen molar-refractivity contribution in [1.29, 1.82) is 5.26 Å². The van der Waals surface area contributed by atoms with Gasteiger partial charge in [0.2, 0.25) is 0 Å². The molecule has 1 heterocycles. The lowest BCUT2D eigenvalue weighted by atomic mass is 9.93. The summed E-state index contributed by atoms with van der Waals surface area (Å²) in [5.74, 6) is -0.640. The van der Waals surface area contributed by atoms with Gasteiger partial charge in [0.1, 0.15) is 29.8 Å². The Morgan fingerprint density at radius 2 is 1.77 bits per heavy atom. The Hall–Kier alpha value is -3.72. The predicted octanol–water partition coefficient (Wildman–Crippen LogP) is 4.65. The van der Waals surface area contributed by atoms with Gasteiger partial charge < -0.3 is 4.74 Å². The summed E-state index contributed by atoms with van der Waals surface area (Å²) in [4.78, 5) is 26.6. The summed E-state index contributed by atoms with van der Waals surface area (Å²) in [6, 6.07) is 15.3. The molecule has 0 aliphatic carbocycles. The quantitative estimate of drug-likeness (QED) is 0.506. The van der Waals surface area contributed by atoms with Crippen LogP contribution in [0.25, 0.3) is 6.08 Å². The number of halogens is 1. The van der Waals surface area contributed by atoms with Crippen LogP contribution < -0.4 is 4.74 Å². The molecule has 1 aliphatic rings. The zero-order chi connectivity index (χ0) is 22.5. The van der Waals surface area contributed by atoms with E-state index in [-0.39, 0.29) is 30.5 Å². The third-order valence-corrected chi connectivity index (χ3v) is 4.92. The fourth-order valence-corrected chi connectivity index (χ4v) is 3.26. The summed E-state index contributed by atoms with van der Waals surface area (Å²) < 4.78 is 19.4. The zero-order valence-electron chi connectivity index (χ0n) is 17.7. The normalized spacial score (nSPS) is 15.6. The average Bonchev–Trinajstić information content (AvgIpc) is 2.75. The lowest BCUT2D eigenvalue weighted by molar-refractivity contribution is -0.141. The molecule has 0 radical (unpaired) electrons.